The molecule has 0 amide bonds. The third-order valence-corrected chi connectivity index (χ3v) is 2.81. The first-order chi connectivity index (χ1) is 8.16. The van der Waals surface area contributed by atoms with Gasteiger partial charge < -0.3 is 9.47 Å². The first-order valence-corrected chi connectivity index (χ1v) is 6.05. The fraction of sp³-hybridized carbons (Fsp3) is 0.500. The zero-order chi connectivity index (χ0) is 12.3. The SMILES string of the molecule is CC(C)OC(=O)CC1OCCc2ccccc21. The molecule has 0 N–H and O–H groups in total. The Labute approximate surface area is 102 Å². The summed E-state index contributed by atoms with van der Waals surface area (Å²) in [7, 11) is 0. The van der Waals surface area contributed by atoms with Gasteiger partial charge in [0.15, 0.2) is 0 Å². The van der Waals surface area contributed by atoms with Crippen molar-refractivity contribution in [3.8, 4) is 0 Å². The molecule has 0 radical (unpaired) electrons. The van der Waals surface area contributed by atoms with Gasteiger partial charge in [-0.2, -0.15) is 0 Å². The predicted octanol–water partition coefficient (Wildman–Crippen LogP) is 2.64. The van der Waals surface area contributed by atoms with Gasteiger partial charge in [-0.05, 0) is 31.4 Å². The maximum absolute atomic E-state index is 11.6. The van der Waals surface area contributed by atoms with Crippen LogP contribution in [0.4, 0.5) is 0 Å². The lowest BCUT2D eigenvalue weighted by molar-refractivity contribution is -0.151. The quantitative estimate of drug-likeness (QED) is 0.754. The number of hydrogen-bond acceptors (Lipinski definition) is 3. The van der Waals surface area contributed by atoms with Crippen LogP contribution in [0.2, 0.25) is 0 Å². The van der Waals surface area contributed by atoms with Crippen molar-refractivity contribution in [3.05, 3.63) is 35.4 Å². The summed E-state index contributed by atoms with van der Waals surface area (Å²) in [6.45, 7) is 4.39. The number of rotatable bonds is 3. The zero-order valence-electron chi connectivity index (χ0n) is 10.3. The van der Waals surface area contributed by atoms with Crippen LogP contribution in [0.1, 0.15) is 37.5 Å². The molecule has 1 aliphatic rings. The van der Waals surface area contributed by atoms with Crippen molar-refractivity contribution in [2.75, 3.05) is 6.61 Å². The molecule has 1 aromatic carbocycles. The number of carbonyl (C=O) groups is 1. The molecule has 1 aromatic rings. The Morgan fingerprint density at radius 2 is 2.24 bits per heavy atom. The molecule has 3 nitrogen and oxygen atoms in total. The minimum Gasteiger partial charge on any atom is -0.463 e. The maximum atomic E-state index is 11.6. The Hall–Kier alpha value is -1.35. The highest BCUT2D eigenvalue weighted by Gasteiger charge is 2.23. The Morgan fingerprint density at radius 1 is 1.47 bits per heavy atom. The number of fused-ring (bicyclic) bond motifs is 1. The molecule has 0 aromatic heterocycles. The van der Waals surface area contributed by atoms with Crippen molar-refractivity contribution in [1.29, 1.82) is 0 Å². The number of benzene rings is 1. The van der Waals surface area contributed by atoms with Crippen LogP contribution in [-0.4, -0.2) is 18.7 Å². The second-order valence-electron chi connectivity index (χ2n) is 4.55. The van der Waals surface area contributed by atoms with Crippen LogP contribution in [-0.2, 0) is 20.7 Å². The molecule has 0 fully saturated rings. The summed E-state index contributed by atoms with van der Waals surface area (Å²) in [5, 5.41) is 0. The van der Waals surface area contributed by atoms with Crippen LogP contribution in [0.5, 0.6) is 0 Å². The van der Waals surface area contributed by atoms with Crippen LogP contribution >= 0.6 is 0 Å². The summed E-state index contributed by atoms with van der Waals surface area (Å²) < 4.78 is 10.8. The zero-order valence-corrected chi connectivity index (χ0v) is 10.3. The monoisotopic (exact) mass is 234 g/mol. The third-order valence-electron chi connectivity index (χ3n) is 2.81. The van der Waals surface area contributed by atoms with E-state index in [9.17, 15) is 4.79 Å². The van der Waals surface area contributed by atoms with E-state index in [0.717, 1.165) is 12.0 Å². The van der Waals surface area contributed by atoms with E-state index in [4.69, 9.17) is 9.47 Å². The molecular weight excluding hydrogens is 216 g/mol. The van der Waals surface area contributed by atoms with E-state index < -0.39 is 0 Å². The summed E-state index contributed by atoms with van der Waals surface area (Å²) >= 11 is 0. The first kappa shape index (κ1) is 12.1. The minimum absolute atomic E-state index is 0.0682. The average Bonchev–Trinajstić information content (AvgIpc) is 2.28. The Balaban J connectivity index is 2.06. The standard InChI is InChI=1S/C14H18O3/c1-10(2)17-14(15)9-13-12-6-4-3-5-11(12)7-8-16-13/h3-6,10,13H,7-9H2,1-2H3. The summed E-state index contributed by atoms with van der Waals surface area (Å²) in [4.78, 5) is 11.6. The lowest BCUT2D eigenvalue weighted by Gasteiger charge is -2.25. The molecule has 0 saturated carbocycles. The van der Waals surface area contributed by atoms with Crippen LogP contribution in [0, 0.1) is 0 Å². The molecule has 1 unspecified atom stereocenters. The predicted molar refractivity (Wildman–Crippen MR) is 64.7 cm³/mol. The van der Waals surface area contributed by atoms with E-state index >= 15 is 0 Å². The van der Waals surface area contributed by atoms with Gasteiger partial charge in [-0.25, -0.2) is 0 Å². The largest absolute Gasteiger partial charge is 0.463 e. The number of ether oxygens (including phenoxy) is 2. The van der Waals surface area contributed by atoms with Gasteiger partial charge in [-0.15, -0.1) is 0 Å². The Bertz CT molecular complexity index is 398. The molecule has 2 rings (SSSR count). The van der Waals surface area contributed by atoms with Crippen molar-refractivity contribution >= 4 is 5.97 Å². The summed E-state index contributed by atoms with van der Waals surface area (Å²) in [5.41, 5.74) is 2.40. The molecule has 3 heteroatoms. The normalized spacial score (nSPS) is 18.9. The van der Waals surface area contributed by atoms with Crippen molar-refractivity contribution in [2.45, 2.75) is 38.9 Å². The van der Waals surface area contributed by atoms with E-state index in [-0.39, 0.29) is 18.2 Å². The molecule has 0 aliphatic carbocycles. The molecular formula is C14H18O3. The summed E-state index contributed by atoms with van der Waals surface area (Å²) in [6, 6.07) is 8.13. The molecule has 92 valence electrons. The molecule has 1 atom stereocenters. The van der Waals surface area contributed by atoms with Gasteiger partial charge in [0.2, 0.25) is 0 Å². The van der Waals surface area contributed by atoms with Gasteiger partial charge in [-0.3, -0.25) is 4.79 Å². The fourth-order valence-corrected chi connectivity index (χ4v) is 2.11. The van der Waals surface area contributed by atoms with Gasteiger partial charge in [-0.1, -0.05) is 24.3 Å². The molecule has 1 heterocycles. The Morgan fingerprint density at radius 3 is 3.00 bits per heavy atom. The van der Waals surface area contributed by atoms with Crippen molar-refractivity contribution < 1.29 is 14.3 Å². The fourth-order valence-electron chi connectivity index (χ4n) is 2.11. The van der Waals surface area contributed by atoms with Crippen molar-refractivity contribution in [3.63, 3.8) is 0 Å². The van der Waals surface area contributed by atoms with Crippen molar-refractivity contribution in [2.24, 2.45) is 0 Å². The summed E-state index contributed by atoms with van der Waals surface area (Å²) in [5.74, 6) is -0.193. The van der Waals surface area contributed by atoms with Crippen LogP contribution in [0.3, 0.4) is 0 Å². The smallest absolute Gasteiger partial charge is 0.309 e. The van der Waals surface area contributed by atoms with Gasteiger partial charge in [0, 0.05) is 0 Å². The molecule has 0 bridgehead atoms. The lowest BCUT2D eigenvalue weighted by Crippen LogP contribution is -2.21. The number of carbonyl (C=O) groups excluding carboxylic acids is 1. The van der Waals surface area contributed by atoms with E-state index in [1.54, 1.807) is 0 Å². The first-order valence-electron chi connectivity index (χ1n) is 6.05. The van der Waals surface area contributed by atoms with Gasteiger partial charge in [0.05, 0.1) is 25.2 Å². The molecule has 0 spiro atoms. The van der Waals surface area contributed by atoms with Gasteiger partial charge >= 0.3 is 5.97 Å². The molecule has 17 heavy (non-hydrogen) atoms. The van der Waals surface area contributed by atoms with E-state index in [1.807, 2.05) is 32.0 Å². The van der Waals surface area contributed by atoms with Gasteiger partial charge in [0.1, 0.15) is 0 Å². The van der Waals surface area contributed by atoms with E-state index in [2.05, 4.69) is 6.07 Å². The average molecular weight is 234 g/mol. The topological polar surface area (TPSA) is 35.5 Å². The number of esters is 1. The van der Waals surface area contributed by atoms with Crippen LogP contribution in [0.15, 0.2) is 24.3 Å². The summed E-state index contributed by atoms with van der Waals surface area (Å²) in [6.07, 6.45) is 1.01. The maximum Gasteiger partial charge on any atom is 0.309 e. The van der Waals surface area contributed by atoms with Crippen molar-refractivity contribution in [1.82, 2.24) is 0 Å². The second kappa shape index (κ2) is 5.32. The molecule has 1 aliphatic heterocycles. The highest BCUT2D eigenvalue weighted by molar-refractivity contribution is 5.70. The number of hydrogen-bond donors (Lipinski definition) is 0. The molecule has 0 saturated heterocycles. The van der Waals surface area contributed by atoms with E-state index in [1.165, 1.54) is 5.56 Å². The third kappa shape index (κ3) is 3.07. The highest BCUT2D eigenvalue weighted by Crippen LogP contribution is 2.29. The lowest BCUT2D eigenvalue weighted by atomic mass is 9.96. The van der Waals surface area contributed by atoms with Crippen LogP contribution in [0.25, 0.3) is 0 Å². The minimum atomic E-state index is -0.193. The van der Waals surface area contributed by atoms with E-state index in [0.29, 0.717) is 13.0 Å². The highest BCUT2D eigenvalue weighted by atomic mass is 16.5. The van der Waals surface area contributed by atoms with Crippen LogP contribution < -0.4 is 0 Å². The van der Waals surface area contributed by atoms with Gasteiger partial charge in [0.25, 0.3) is 0 Å². The second-order valence-corrected chi connectivity index (χ2v) is 4.55. The Kier molecular flexibility index (Phi) is 3.79.